The molecule has 0 unspecified atom stereocenters. The van der Waals surface area contributed by atoms with E-state index in [0.29, 0.717) is 22.3 Å². The number of rotatable bonds is 3. The van der Waals surface area contributed by atoms with Crippen LogP contribution in [0.1, 0.15) is 23.5 Å². The number of aromatic nitrogens is 2. The summed E-state index contributed by atoms with van der Waals surface area (Å²) in [6.07, 6.45) is 0.0990. The molecular weight excluding hydrogens is 338 g/mol. The average Bonchev–Trinajstić information content (AvgIpc) is 3.02. The molecule has 3 aromatic rings. The first-order valence-corrected chi connectivity index (χ1v) is 7.85. The quantitative estimate of drug-likeness (QED) is 0.533. The molecule has 1 aliphatic heterocycles. The normalized spacial score (nSPS) is 17.0. The second-order valence-corrected chi connectivity index (χ2v) is 5.82. The molecule has 0 bridgehead atoms. The summed E-state index contributed by atoms with van der Waals surface area (Å²) in [6, 6.07) is 9.77. The van der Waals surface area contributed by atoms with Crippen molar-refractivity contribution in [1.82, 2.24) is 8.75 Å². The summed E-state index contributed by atoms with van der Waals surface area (Å²) >= 11 is 1.07. The summed E-state index contributed by atoms with van der Waals surface area (Å²) in [5, 5.41) is 0. The van der Waals surface area contributed by atoms with Crippen LogP contribution in [0.4, 0.5) is 8.78 Å². The second kappa shape index (κ2) is 5.79. The van der Waals surface area contributed by atoms with E-state index in [1.807, 2.05) is 0 Å². The number of fused-ring (bicyclic) bond motifs is 3. The van der Waals surface area contributed by atoms with Gasteiger partial charge in [0.25, 0.3) is 0 Å². The zero-order chi connectivity index (χ0) is 16.7. The monoisotopic (exact) mass is 348 g/mol. The van der Waals surface area contributed by atoms with Gasteiger partial charge in [-0.3, -0.25) is 4.79 Å². The highest BCUT2D eigenvalue weighted by atomic mass is 32.1. The topological polar surface area (TPSA) is 61.3 Å². The number of esters is 1. The standard InChI is InChI=1S/C16H10F2N2O3S/c17-16(18)22-9-3-1-2-8(6-9)10-7-13(21)23-12-5-4-11-15(14(10)12)20-24-19-11/h1-6,10,16H,7H2/t10-/m1/s1. The molecule has 4 rings (SSSR count). The molecule has 24 heavy (non-hydrogen) atoms. The van der Waals surface area contributed by atoms with Crippen LogP contribution in [-0.4, -0.2) is 21.3 Å². The second-order valence-electron chi connectivity index (χ2n) is 5.29. The summed E-state index contributed by atoms with van der Waals surface area (Å²) in [5.74, 6) is -0.256. The van der Waals surface area contributed by atoms with Gasteiger partial charge in [0.05, 0.1) is 18.1 Å². The van der Waals surface area contributed by atoms with Crippen LogP contribution in [0.15, 0.2) is 36.4 Å². The van der Waals surface area contributed by atoms with Crippen molar-refractivity contribution in [2.75, 3.05) is 0 Å². The van der Waals surface area contributed by atoms with Gasteiger partial charge in [0.15, 0.2) is 0 Å². The lowest BCUT2D eigenvalue weighted by Gasteiger charge is -2.25. The minimum absolute atomic E-state index is 0.0477. The smallest absolute Gasteiger partial charge is 0.387 e. The molecule has 5 nitrogen and oxygen atoms in total. The Bertz CT molecular complexity index is 929. The van der Waals surface area contributed by atoms with Crippen molar-refractivity contribution < 1.29 is 23.0 Å². The Hall–Kier alpha value is -2.61. The number of hydrogen-bond donors (Lipinski definition) is 0. The Morgan fingerprint density at radius 3 is 2.96 bits per heavy atom. The first-order chi connectivity index (χ1) is 11.6. The highest BCUT2D eigenvalue weighted by molar-refractivity contribution is 7.00. The lowest BCUT2D eigenvalue weighted by atomic mass is 9.85. The van der Waals surface area contributed by atoms with Crippen LogP contribution in [0.2, 0.25) is 0 Å². The fourth-order valence-electron chi connectivity index (χ4n) is 2.90. The molecule has 122 valence electrons. The van der Waals surface area contributed by atoms with Crippen LogP contribution >= 0.6 is 11.7 Å². The number of halogens is 2. The molecule has 0 amide bonds. The Labute approximate surface area is 139 Å². The number of alkyl halides is 2. The molecule has 2 aromatic carbocycles. The third-order valence-electron chi connectivity index (χ3n) is 3.86. The minimum Gasteiger partial charge on any atom is -0.435 e. The number of nitrogens with zero attached hydrogens (tertiary/aromatic N) is 2. The van der Waals surface area contributed by atoms with E-state index >= 15 is 0 Å². The van der Waals surface area contributed by atoms with E-state index < -0.39 is 6.61 Å². The van der Waals surface area contributed by atoms with Crippen molar-refractivity contribution in [2.45, 2.75) is 19.0 Å². The minimum atomic E-state index is -2.90. The van der Waals surface area contributed by atoms with Gasteiger partial charge in [0.2, 0.25) is 0 Å². The van der Waals surface area contributed by atoms with Gasteiger partial charge in [-0.2, -0.15) is 17.5 Å². The van der Waals surface area contributed by atoms with Crippen molar-refractivity contribution >= 4 is 28.7 Å². The summed E-state index contributed by atoms with van der Waals surface area (Å²) in [4.78, 5) is 11.9. The summed E-state index contributed by atoms with van der Waals surface area (Å²) < 4.78 is 43.1. The van der Waals surface area contributed by atoms with Crippen molar-refractivity contribution in [3.05, 3.63) is 47.5 Å². The maximum absolute atomic E-state index is 12.4. The van der Waals surface area contributed by atoms with E-state index in [1.165, 1.54) is 12.1 Å². The average molecular weight is 348 g/mol. The van der Waals surface area contributed by atoms with Crippen LogP contribution in [-0.2, 0) is 4.79 Å². The number of benzene rings is 2. The fourth-order valence-corrected chi connectivity index (χ4v) is 3.45. The molecule has 1 aromatic heterocycles. The first-order valence-electron chi connectivity index (χ1n) is 7.12. The zero-order valence-corrected chi connectivity index (χ0v) is 12.9. The van der Waals surface area contributed by atoms with Crippen LogP contribution in [0.3, 0.4) is 0 Å². The Kier molecular flexibility index (Phi) is 3.61. The highest BCUT2D eigenvalue weighted by Crippen LogP contribution is 2.42. The van der Waals surface area contributed by atoms with Gasteiger partial charge in [-0.05, 0) is 29.8 Å². The third kappa shape index (κ3) is 2.58. The van der Waals surface area contributed by atoms with Gasteiger partial charge in [-0.1, -0.05) is 12.1 Å². The van der Waals surface area contributed by atoms with E-state index in [2.05, 4.69) is 13.5 Å². The predicted octanol–water partition coefficient (Wildman–Crippen LogP) is 3.73. The lowest BCUT2D eigenvalue weighted by molar-refractivity contribution is -0.135. The number of ether oxygens (including phenoxy) is 2. The van der Waals surface area contributed by atoms with E-state index in [9.17, 15) is 13.6 Å². The first kappa shape index (κ1) is 14.9. The largest absolute Gasteiger partial charge is 0.435 e. The molecule has 0 radical (unpaired) electrons. The van der Waals surface area contributed by atoms with Gasteiger partial charge < -0.3 is 9.47 Å². The molecular formula is C16H10F2N2O3S. The molecule has 0 N–H and O–H groups in total. The summed E-state index contributed by atoms with van der Waals surface area (Å²) in [7, 11) is 0. The molecule has 1 aliphatic rings. The van der Waals surface area contributed by atoms with Crippen molar-refractivity contribution in [3.63, 3.8) is 0 Å². The predicted molar refractivity (Wildman–Crippen MR) is 82.6 cm³/mol. The lowest BCUT2D eigenvalue weighted by Crippen LogP contribution is -2.21. The summed E-state index contributed by atoms with van der Waals surface area (Å²) in [6.45, 7) is -2.90. The SMILES string of the molecule is O=C1C[C@H](c2cccc(OC(F)F)c2)c2c(ccc3nsnc23)O1. The van der Waals surface area contributed by atoms with Crippen molar-refractivity contribution in [3.8, 4) is 11.5 Å². The number of carbonyl (C=O) groups is 1. The Morgan fingerprint density at radius 1 is 1.25 bits per heavy atom. The van der Waals surface area contributed by atoms with Gasteiger partial charge in [0, 0.05) is 11.5 Å². The van der Waals surface area contributed by atoms with Crippen molar-refractivity contribution in [2.24, 2.45) is 0 Å². The van der Waals surface area contributed by atoms with E-state index in [4.69, 9.17) is 4.74 Å². The van der Waals surface area contributed by atoms with E-state index in [1.54, 1.807) is 24.3 Å². The number of carbonyl (C=O) groups excluding carboxylic acids is 1. The maximum atomic E-state index is 12.4. The Balaban J connectivity index is 1.85. The molecule has 1 atom stereocenters. The van der Waals surface area contributed by atoms with Crippen molar-refractivity contribution in [1.29, 1.82) is 0 Å². The Morgan fingerprint density at radius 2 is 2.12 bits per heavy atom. The third-order valence-corrected chi connectivity index (χ3v) is 4.40. The van der Waals surface area contributed by atoms with Crippen LogP contribution in [0.5, 0.6) is 11.5 Å². The van der Waals surface area contributed by atoms with E-state index in [-0.39, 0.29) is 24.1 Å². The number of hydrogen-bond acceptors (Lipinski definition) is 6. The molecule has 0 fully saturated rings. The van der Waals surface area contributed by atoms with Gasteiger partial charge in [0.1, 0.15) is 22.5 Å². The molecule has 0 saturated heterocycles. The molecule has 2 heterocycles. The molecule has 0 aliphatic carbocycles. The molecule has 0 spiro atoms. The van der Waals surface area contributed by atoms with Crippen LogP contribution in [0.25, 0.3) is 11.0 Å². The van der Waals surface area contributed by atoms with E-state index in [0.717, 1.165) is 17.3 Å². The summed E-state index contributed by atoms with van der Waals surface area (Å²) in [5.41, 5.74) is 2.80. The molecule has 8 heteroatoms. The fraction of sp³-hybridized carbons (Fsp3) is 0.188. The van der Waals surface area contributed by atoms with Gasteiger partial charge in [-0.15, -0.1) is 0 Å². The zero-order valence-electron chi connectivity index (χ0n) is 12.1. The highest BCUT2D eigenvalue weighted by Gasteiger charge is 2.31. The maximum Gasteiger partial charge on any atom is 0.387 e. The molecule has 0 saturated carbocycles. The van der Waals surface area contributed by atoms with Gasteiger partial charge >= 0.3 is 12.6 Å². The van der Waals surface area contributed by atoms with Crippen LogP contribution in [0, 0.1) is 0 Å². The van der Waals surface area contributed by atoms with Crippen LogP contribution < -0.4 is 9.47 Å². The van der Waals surface area contributed by atoms with Gasteiger partial charge in [-0.25, -0.2) is 0 Å².